The number of pyridine rings is 1. The van der Waals surface area contributed by atoms with Gasteiger partial charge in [0.15, 0.2) is 0 Å². The number of carboxylic acid groups (broad SMARTS) is 1. The molecule has 2 atom stereocenters. The number of hydrogen-bond donors (Lipinski definition) is 3. The van der Waals surface area contributed by atoms with Crippen LogP contribution in [0.2, 0.25) is 0 Å². The van der Waals surface area contributed by atoms with Gasteiger partial charge in [-0.05, 0) is 44.3 Å². The largest absolute Gasteiger partial charge is 0.495 e. The highest BCUT2D eigenvalue weighted by Crippen LogP contribution is 2.26. The molecular weight excluding hydrogens is 429 g/mol. The number of anilines is 1. The minimum Gasteiger partial charge on any atom is -0.495 e. The van der Waals surface area contributed by atoms with Crippen LogP contribution in [0.4, 0.5) is 23.7 Å². The van der Waals surface area contributed by atoms with Crippen molar-refractivity contribution in [3.8, 4) is 5.75 Å². The van der Waals surface area contributed by atoms with Crippen LogP contribution in [0.15, 0.2) is 48.7 Å². The van der Waals surface area contributed by atoms with Crippen molar-refractivity contribution in [2.24, 2.45) is 0 Å². The predicted octanol–water partition coefficient (Wildman–Crippen LogP) is 3.33. The molecule has 8 nitrogen and oxygen atoms in total. The summed E-state index contributed by atoms with van der Waals surface area (Å²) in [5.41, 5.74) is 1.75. The fourth-order valence-corrected chi connectivity index (χ4v) is 3.18. The molecule has 2 amide bonds. The number of likely N-dealkylation sites (N-methyl/N-ethyl adjacent to an activating group) is 1. The van der Waals surface area contributed by atoms with Gasteiger partial charge in [0.1, 0.15) is 5.75 Å². The number of methoxy groups -OCH3 is 1. The van der Waals surface area contributed by atoms with E-state index < -0.39 is 12.1 Å². The number of nitrogens with one attached hydrogen (secondary N) is 2. The van der Waals surface area contributed by atoms with Gasteiger partial charge in [0.05, 0.1) is 13.3 Å². The van der Waals surface area contributed by atoms with E-state index in [1.807, 2.05) is 42.5 Å². The first-order valence-electron chi connectivity index (χ1n) is 9.71. The van der Waals surface area contributed by atoms with Gasteiger partial charge in [-0.25, -0.2) is 9.59 Å². The number of carboxylic acids is 1. The highest BCUT2D eigenvalue weighted by atomic mass is 19.4. The van der Waals surface area contributed by atoms with E-state index in [-0.39, 0.29) is 18.0 Å². The van der Waals surface area contributed by atoms with Crippen molar-refractivity contribution in [1.29, 1.82) is 0 Å². The molecule has 1 aliphatic rings. The monoisotopic (exact) mass is 454 g/mol. The van der Waals surface area contributed by atoms with Gasteiger partial charge in [-0.3, -0.25) is 4.98 Å². The minimum absolute atomic E-state index is 0.0424. The van der Waals surface area contributed by atoms with E-state index in [1.165, 1.54) is 0 Å². The number of alkyl halides is 3. The van der Waals surface area contributed by atoms with Crippen LogP contribution in [0.1, 0.15) is 18.0 Å². The van der Waals surface area contributed by atoms with Crippen molar-refractivity contribution >= 4 is 17.7 Å². The first-order valence-corrected chi connectivity index (χ1v) is 9.71. The first kappa shape index (κ1) is 24.9. The second kappa shape index (κ2) is 11.3. The summed E-state index contributed by atoms with van der Waals surface area (Å²) in [7, 11) is 3.72. The van der Waals surface area contributed by atoms with Crippen molar-refractivity contribution in [3.63, 3.8) is 0 Å². The van der Waals surface area contributed by atoms with Crippen molar-refractivity contribution in [3.05, 3.63) is 54.4 Å². The number of amides is 2. The van der Waals surface area contributed by atoms with Gasteiger partial charge in [0, 0.05) is 29.9 Å². The second-order valence-electron chi connectivity index (χ2n) is 7.15. The summed E-state index contributed by atoms with van der Waals surface area (Å²) in [5, 5.41) is 13.1. The summed E-state index contributed by atoms with van der Waals surface area (Å²) in [6, 6.07) is 13.2. The second-order valence-corrected chi connectivity index (χ2v) is 7.15. The molecule has 0 aliphatic carbocycles. The van der Waals surface area contributed by atoms with Crippen LogP contribution in [0, 0.1) is 0 Å². The van der Waals surface area contributed by atoms with Crippen LogP contribution in [-0.2, 0) is 4.79 Å². The summed E-state index contributed by atoms with van der Waals surface area (Å²) in [5.74, 6) is -1.88. The Labute approximate surface area is 183 Å². The van der Waals surface area contributed by atoms with E-state index in [2.05, 4.69) is 27.6 Å². The van der Waals surface area contributed by atoms with Crippen LogP contribution in [-0.4, -0.2) is 66.5 Å². The van der Waals surface area contributed by atoms with Crippen LogP contribution in [0.25, 0.3) is 0 Å². The number of carbonyl (C=O) groups excluding carboxylic acids is 1. The zero-order chi connectivity index (χ0) is 23.7. The number of urea groups is 1. The summed E-state index contributed by atoms with van der Waals surface area (Å²) in [6.45, 7) is 1.80. The lowest BCUT2D eigenvalue weighted by Gasteiger charge is -2.36. The van der Waals surface area contributed by atoms with Crippen molar-refractivity contribution < 1.29 is 32.6 Å². The molecule has 11 heteroatoms. The molecule has 0 spiro atoms. The average molecular weight is 454 g/mol. The third kappa shape index (κ3) is 7.73. The zero-order valence-corrected chi connectivity index (χ0v) is 17.6. The molecule has 3 rings (SSSR count). The Morgan fingerprint density at radius 2 is 1.84 bits per heavy atom. The van der Waals surface area contributed by atoms with E-state index in [0.29, 0.717) is 0 Å². The number of carbonyl (C=O) groups is 2. The molecule has 2 heterocycles. The van der Waals surface area contributed by atoms with E-state index in [0.717, 1.165) is 36.6 Å². The molecule has 3 N–H and O–H groups in total. The Morgan fingerprint density at radius 1 is 1.19 bits per heavy atom. The van der Waals surface area contributed by atoms with Gasteiger partial charge in [0.25, 0.3) is 0 Å². The van der Waals surface area contributed by atoms with Gasteiger partial charge in [-0.1, -0.05) is 18.2 Å². The highest BCUT2D eigenvalue weighted by molar-refractivity contribution is 5.89. The molecule has 1 saturated heterocycles. The number of likely N-dealkylation sites (tertiary alicyclic amines) is 1. The number of ether oxygens (including phenoxy) is 1. The zero-order valence-electron chi connectivity index (χ0n) is 17.6. The number of hydrogen-bond acceptors (Lipinski definition) is 5. The maximum Gasteiger partial charge on any atom is 0.490 e. The lowest BCUT2D eigenvalue weighted by molar-refractivity contribution is -0.192. The van der Waals surface area contributed by atoms with Gasteiger partial charge < -0.3 is 25.4 Å². The number of aliphatic carboxylic acids is 1. The molecule has 0 bridgehead atoms. The minimum atomic E-state index is -5.08. The molecule has 1 aliphatic heterocycles. The molecule has 1 aromatic carbocycles. The fourth-order valence-electron chi connectivity index (χ4n) is 3.18. The van der Waals surface area contributed by atoms with Crippen molar-refractivity contribution in [2.75, 3.05) is 32.6 Å². The number of piperidine rings is 1. The Balaban J connectivity index is 0.000000451. The molecule has 2 aromatic rings. The Morgan fingerprint density at radius 3 is 2.38 bits per heavy atom. The maximum absolute atomic E-state index is 12.4. The Kier molecular flexibility index (Phi) is 8.82. The maximum atomic E-state index is 12.4. The number of nitrogens with zero attached hydrogens (tertiary/aromatic N) is 2. The number of rotatable bonds is 4. The third-order valence-corrected chi connectivity index (χ3v) is 4.78. The summed E-state index contributed by atoms with van der Waals surface area (Å²) < 4.78 is 36.9. The van der Waals surface area contributed by atoms with E-state index in [9.17, 15) is 18.0 Å². The molecule has 0 radical (unpaired) electrons. The highest BCUT2D eigenvalue weighted by Gasteiger charge is 2.38. The molecule has 32 heavy (non-hydrogen) atoms. The summed E-state index contributed by atoms with van der Waals surface area (Å²) >= 11 is 0. The lowest BCUT2D eigenvalue weighted by atomic mass is 9.89. The average Bonchev–Trinajstić information content (AvgIpc) is 2.75. The lowest BCUT2D eigenvalue weighted by Crippen LogP contribution is -2.50. The molecule has 1 fully saturated rings. The Hall–Kier alpha value is -3.34. The van der Waals surface area contributed by atoms with Gasteiger partial charge in [-0.2, -0.15) is 13.2 Å². The quantitative estimate of drug-likeness (QED) is 0.655. The van der Waals surface area contributed by atoms with Gasteiger partial charge in [0.2, 0.25) is 0 Å². The summed E-state index contributed by atoms with van der Waals surface area (Å²) in [4.78, 5) is 28.1. The SMILES string of the molecule is COc1ccc(C2CN(C)CCC2NC(=O)Nc2ccccc2)nc1.O=C(O)C(F)(F)F. The molecule has 174 valence electrons. The fraction of sp³-hybridized carbons (Fsp3) is 0.381. The van der Waals surface area contributed by atoms with Gasteiger partial charge in [-0.15, -0.1) is 0 Å². The standard InChI is InChI=1S/C19H24N4O2.C2HF3O2/c1-23-11-10-18(22-19(24)21-14-6-4-3-5-7-14)16(13-23)17-9-8-15(25-2)12-20-17;3-2(4,5)1(6)7/h3-9,12,16,18H,10-11,13H2,1-2H3,(H2,21,22,24);(H,6,7). The number of para-hydroxylation sites is 1. The van der Waals surface area contributed by atoms with Crippen molar-refractivity contribution in [2.45, 2.75) is 24.6 Å². The van der Waals surface area contributed by atoms with Crippen molar-refractivity contribution in [1.82, 2.24) is 15.2 Å². The van der Waals surface area contributed by atoms with E-state index in [4.69, 9.17) is 14.6 Å². The number of benzene rings is 1. The molecular formula is C21H25F3N4O4. The summed E-state index contributed by atoms with van der Waals surface area (Å²) in [6.07, 6.45) is -2.47. The number of halogens is 3. The molecule has 0 saturated carbocycles. The van der Waals surface area contributed by atoms with Crippen LogP contribution in [0.3, 0.4) is 0 Å². The normalized spacial score (nSPS) is 18.7. The molecule has 1 aromatic heterocycles. The Bertz CT molecular complexity index is 879. The molecule has 2 unspecified atom stereocenters. The smallest absolute Gasteiger partial charge is 0.490 e. The van der Waals surface area contributed by atoms with Gasteiger partial charge >= 0.3 is 18.2 Å². The number of aromatic nitrogens is 1. The third-order valence-electron chi connectivity index (χ3n) is 4.78. The van der Waals surface area contributed by atoms with Crippen LogP contribution in [0.5, 0.6) is 5.75 Å². The topological polar surface area (TPSA) is 104 Å². The predicted molar refractivity (Wildman–Crippen MR) is 112 cm³/mol. The van der Waals surface area contributed by atoms with Crippen LogP contribution >= 0.6 is 0 Å². The van der Waals surface area contributed by atoms with Crippen LogP contribution < -0.4 is 15.4 Å². The van der Waals surface area contributed by atoms with E-state index >= 15 is 0 Å². The first-order chi connectivity index (χ1) is 15.1. The van der Waals surface area contributed by atoms with E-state index in [1.54, 1.807) is 13.3 Å².